The summed E-state index contributed by atoms with van der Waals surface area (Å²) < 4.78 is 48.5. The predicted octanol–water partition coefficient (Wildman–Crippen LogP) is 0.831. The number of hydrogen-bond acceptors (Lipinski definition) is 5. The van der Waals surface area contributed by atoms with Gasteiger partial charge in [-0.3, -0.25) is 0 Å². The molecule has 0 aliphatic carbocycles. The van der Waals surface area contributed by atoms with E-state index < -0.39 is 19.9 Å². The van der Waals surface area contributed by atoms with Crippen molar-refractivity contribution in [1.82, 2.24) is 4.72 Å². The molecular weight excluding hydrogens is 300 g/mol. The van der Waals surface area contributed by atoms with Gasteiger partial charge in [-0.2, -0.15) is 0 Å². The lowest BCUT2D eigenvalue weighted by atomic mass is 10.3. The van der Waals surface area contributed by atoms with Crippen molar-refractivity contribution in [3.63, 3.8) is 0 Å². The van der Waals surface area contributed by atoms with Crippen LogP contribution in [0.3, 0.4) is 0 Å². The Morgan fingerprint density at radius 2 is 1.75 bits per heavy atom. The van der Waals surface area contributed by atoms with Gasteiger partial charge in [-0.15, -0.1) is 0 Å². The summed E-state index contributed by atoms with van der Waals surface area (Å²) in [7, 11) is -6.53. The Balaban J connectivity index is 2.77. The summed E-state index contributed by atoms with van der Waals surface area (Å²) in [5.41, 5.74) is 0.474. The highest BCUT2D eigenvalue weighted by Gasteiger charge is 2.16. The molecule has 1 aromatic carbocycles. The Bertz CT molecular complexity index is 639. The monoisotopic (exact) mass is 320 g/mol. The summed E-state index contributed by atoms with van der Waals surface area (Å²) in [6, 6.07) is 6.54. The maximum absolute atomic E-state index is 12.0. The van der Waals surface area contributed by atoms with Crippen LogP contribution >= 0.6 is 0 Å². The first kappa shape index (κ1) is 16.9. The van der Waals surface area contributed by atoms with E-state index in [2.05, 4.69) is 10.0 Å². The van der Waals surface area contributed by atoms with Gasteiger partial charge in [0.15, 0.2) is 0 Å². The molecule has 0 radical (unpaired) electrons. The molecule has 0 aliphatic heterocycles. The van der Waals surface area contributed by atoms with E-state index in [1.807, 2.05) is 0 Å². The lowest BCUT2D eigenvalue weighted by Gasteiger charge is -2.12. The van der Waals surface area contributed by atoms with E-state index in [1.54, 1.807) is 25.1 Å². The van der Waals surface area contributed by atoms with Gasteiger partial charge in [0.1, 0.15) is 14.7 Å². The first-order valence-corrected chi connectivity index (χ1v) is 9.81. The van der Waals surface area contributed by atoms with Crippen LogP contribution in [0.2, 0.25) is 0 Å². The molecule has 20 heavy (non-hydrogen) atoms. The minimum atomic E-state index is -3.54. The number of rotatable bonds is 8. The summed E-state index contributed by atoms with van der Waals surface area (Å²) >= 11 is 0. The van der Waals surface area contributed by atoms with Gasteiger partial charge in [-0.05, 0) is 18.6 Å². The van der Waals surface area contributed by atoms with Gasteiger partial charge in [0, 0.05) is 19.3 Å². The van der Waals surface area contributed by atoms with Crippen molar-refractivity contribution < 1.29 is 16.8 Å². The van der Waals surface area contributed by atoms with Gasteiger partial charge in [-0.1, -0.05) is 19.1 Å². The van der Waals surface area contributed by atoms with Gasteiger partial charge >= 0.3 is 0 Å². The van der Waals surface area contributed by atoms with Gasteiger partial charge in [0.25, 0.3) is 0 Å². The minimum absolute atomic E-state index is 0.0716. The first-order chi connectivity index (χ1) is 9.26. The predicted molar refractivity (Wildman–Crippen MR) is 80.1 cm³/mol. The molecule has 0 fully saturated rings. The molecule has 114 valence electrons. The smallest absolute Gasteiger partial charge is 0.242 e. The highest BCUT2D eigenvalue weighted by atomic mass is 32.2. The first-order valence-electron chi connectivity index (χ1n) is 6.26. The van der Waals surface area contributed by atoms with Crippen molar-refractivity contribution in [2.45, 2.75) is 18.2 Å². The molecule has 0 saturated heterocycles. The highest BCUT2D eigenvalue weighted by molar-refractivity contribution is 7.90. The van der Waals surface area contributed by atoms with E-state index in [4.69, 9.17) is 0 Å². The third-order valence-electron chi connectivity index (χ3n) is 2.52. The molecule has 0 unspecified atom stereocenters. The summed E-state index contributed by atoms with van der Waals surface area (Å²) in [4.78, 5) is 0.168. The molecule has 1 aromatic rings. The molecule has 8 heteroatoms. The quantitative estimate of drug-likeness (QED) is 0.692. The van der Waals surface area contributed by atoms with Gasteiger partial charge < -0.3 is 5.32 Å². The molecule has 1 rings (SSSR count). The fourth-order valence-electron chi connectivity index (χ4n) is 1.67. The second-order valence-electron chi connectivity index (χ2n) is 4.41. The number of para-hydroxylation sites is 1. The normalized spacial score (nSPS) is 12.3. The molecule has 0 aromatic heterocycles. The molecule has 0 bridgehead atoms. The zero-order valence-corrected chi connectivity index (χ0v) is 13.2. The van der Waals surface area contributed by atoms with Crippen LogP contribution in [0, 0.1) is 0 Å². The molecule has 2 N–H and O–H groups in total. The molecule has 0 atom stereocenters. The largest absolute Gasteiger partial charge is 0.384 e. The van der Waals surface area contributed by atoms with E-state index in [0.29, 0.717) is 25.2 Å². The van der Waals surface area contributed by atoms with Crippen LogP contribution in [0.5, 0.6) is 0 Å². The van der Waals surface area contributed by atoms with E-state index in [9.17, 15) is 16.8 Å². The Morgan fingerprint density at radius 3 is 2.35 bits per heavy atom. The van der Waals surface area contributed by atoms with Crippen LogP contribution < -0.4 is 10.0 Å². The number of sulfonamides is 1. The molecule has 6 nitrogen and oxygen atoms in total. The number of anilines is 1. The van der Waals surface area contributed by atoms with Crippen LogP contribution in [0.25, 0.3) is 0 Å². The number of benzene rings is 1. The Labute approximate surface area is 120 Å². The van der Waals surface area contributed by atoms with Crippen molar-refractivity contribution in [1.29, 1.82) is 0 Å². The lowest BCUT2D eigenvalue weighted by Crippen LogP contribution is -2.24. The van der Waals surface area contributed by atoms with Crippen molar-refractivity contribution in [2.75, 3.05) is 30.4 Å². The summed E-state index contributed by atoms with van der Waals surface area (Å²) in [6.07, 6.45) is 1.60. The Hall–Kier alpha value is -1.12. The van der Waals surface area contributed by atoms with Crippen LogP contribution in [-0.2, 0) is 19.9 Å². The molecule has 0 aliphatic rings. The standard InChI is InChI=1S/C12H20N2O4S2/c1-3-14-20(17,18)12-8-5-4-7-11(12)13-9-6-10-19(2,15)16/h4-5,7-8,13-14H,3,6,9-10H2,1-2H3. The van der Waals surface area contributed by atoms with E-state index in [1.165, 1.54) is 12.3 Å². The molecular formula is C12H20N2O4S2. The Morgan fingerprint density at radius 1 is 1.10 bits per heavy atom. The average Bonchev–Trinajstić information content (AvgIpc) is 2.34. The number of hydrogen-bond donors (Lipinski definition) is 2. The fourth-order valence-corrected chi connectivity index (χ4v) is 3.56. The number of sulfone groups is 1. The summed E-state index contributed by atoms with van der Waals surface area (Å²) in [5, 5.41) is 2.97. The molecule has 0 heterocycles. The van der Waals surface area contributed by atoms with Crippen molar-refractivity contribution in [2.24, 2.45) is 0 Å². The SMILES string of the molecule is CCNS(=O)(=O)c1ccccc1NCCCS(C)(=O)=O. The second-order valence-corrected chi connectivity index (χ2v) is 8.40. The molecule has 0 spiro atoms. The lowest BCUT2D eigenvalue weighted by molar-refractivity contribution is 0.584. The molecule has 0 amide bonds. The zero-order chi connectivity index (χ0) is 15.2. The van der Waals surface area contributed by atoms with Crippen LogP contribution in [-0.4, -0.2) is 41.9 Å². The third-order valence-corrected chi connectivity index (χ3v) is 5.15. The van der Waals surface area contributed by atoms with Crippen molar-refractivity contribution in [3.8, 4) is 0 Å². The highest BCUT2D eigenvalue weighted by Crippen LogP contribution is 2.20. The van der Waals surface area contributed by atoms with Crippen molar-refractivity contribution >= 4 is 25.5 Å². The van der Waals surface area contributed by atoms with E-state index >= 15 is 0 Å². The fraction of sp³-hybridized carbons (Fsp3) is 0.500. The Kier molecular flexibility index (Phi) is 5.97. The van der Waals surface area contributed by atoms with Gasteiger partial charge in [0.05, 0.1) is 11.4 Å². The minimum Gasteiger partial charge on any atom is -0.384 e. The van der Waals surface area contributed by atoms with Crippen molar-refractivity contribution in [3.05, 3.63) is 24.3 Å². The van der Waals surface area contributed by atoms with E-state index in [-0.39, 0.29) is 10.6 Å². The average molecular weight is 320 g/mol. The third kappa shape index (κ3) is 5.48. The maximum atomic E-state index is 12.0. The maximum Gasteiger partial charge on any atom is 0.242 e. The van der Waals surface area contributed by atoms with Gasteiger partial charge in [0.2, 0.25) is 10.0 Å². The number of nitrogens with one attached hydrogen (secondary N) is 2. The topological polar surface area (TPSA) is 92.3 Å². The zero-order valence-electron chi connectivity index (χ0n) is 11.6. The van der Waals surface area contributed by atoms with E-state index in [0.717, 1.165) is 0 Å². The second kappa shape index (κ2) is 7.05. The van der Waals surface area contributed by atoms with Crippen LogP contribution in [0.4, 0.5) is 5.69 Å². The van der Waals surface area contributed by atoms with Crippen LogP contribution in [0.1, 0.15) is 13.3 Å². The van der Waals surface area contributed by atoms with Gasteiger partial charge in [-0.25, -0.2) is 21.6 Å². The summed E-state index contributed by atoms with van der Waals surface area (Å²) in [6.45, 7) is 2.41. The summed E-state index contributed by atoms with van der Waals surface area (Å²) in [5.74, 6) is 0.0716. The van der Waals surface area contributed by atoms with Crippen LogP contribution in [0.15, 0.2) is 29.2 Å². The molecule has 0 saturated carbocycles.